The van der Waals surface area contributed by atoms with Crippen molar-refractivity contribution in [3.8, 4) is 0 Å². The molecular weight excluding hydrogens is 356 g/mol. The van der Waals surface area contributed by atoms with Crippen LogP contribution >= 0.6 is 0 Å². The lowest BCUT2D eigenvalue weighted by Gasteiger charge is -2.25. The highest BCUT2D eigenvalue weighted by molar-refractivity contribution is 6.14. The lowest BCUT2D eigenvalue weighted by atomic mass is 9.78. The smallest absolute Gasteiger partial charge is 0.185 e. The van der Waals surface area contributed by atoms with E-state index in [1.165, 1.54) is 0 Å². The molecule has 2 aromatic carbocycles. The van der Waals surface area contributed by atoms with Gasteiger partial charge in [0.1, 0.15) is 0 Å². The normalized spacial score (nSPS) is 19.6. The van der Waals surface area contributed by atoms with Crippen molar-refractivity contribution in [2.75, 3.05) is 38.0 Å². The summed E-state index contributed by atoms with van der Waals surface area (Å²) in [5, 5.41) is 0. The highest BCUT2D eigenvalue weighted by Crippen LogP contribution is 2.34. The van der Waals surface area contributed by atoms with Gasteiger partial charge in [-0.15, -0.1) is 0 Å². The van der Waals surface area contributed by atoms with E-state index < -0.39 is 0 Å². The van der Waals surface area contributed by atoms with E-state index in [2.05, 4.69) is 77.4 Å². The van der Waals surface area contributed by atoms with E-state index in [1.54, 1.807) is 0 Å². The van der Waals surface area contributed by atoms with Crippen LogP contribution in [0.25, 0.3) is 12.2 Å². The predicted octanol–water partition coefficient (Wildman–Crippen LogP) is 5.67. The van der Waals surface area contributed by atoms with Crippen molar-refractivity contribution >= 4 is 29.3 Å². The second-order valence-electron chi connectivity index (χ2n) is 8.32. The Morgan fingerprint density at radius 1 is 0.759 bits per heavy atom. The molecule has 2 aromatic rings. The number of Topliss-reactive ketones (excluding diaryl/α,β-unsaturated/α-hetero) is 1. The Morgan fingerprint density at radius 2 is 1.14 bits per heavy atom. The fraction of sp³-hybridized carbons (Fsp3) is 0.346. The van der Waals surface area contributed by atoms with Gasteiger partial charge in [0, 0.05) is 50.7 Å². The van der Waals surface area contributed by atoms with Crippen molar-refractivity contribution in [3.05, 3.63) is 70.8 Å². The molecular formula is C26H32N2O. The molecule has 0 aromatic heterocycles. The van der Waals surface area contributed by atoms with Crippen molar-refractivity contribution in [3.63, 3.8) is 0 Å². The molecule has 29 heavy (non-hydrogen) atoms. The number of carbonyl (C=O) groups is 1. The second-order valence-corrected chi connectivity index (χ2v) is 8.32. The number of hydrogen-bond donors (Lipinski definition) is 0. The molecule has 0 N–H and O–H groups in total. The third-order valence-corrected chi connectivity index (χ3v) is 5.68. The molecule has 1 aliphatic carbocycles. The second kappa shape index (κ2) is 9.13. The highest BCUT2D eigenvalue weighted by Gasteiger charge is 2.26. The zero-order valence-corrected chi connectivity index (χ0v) is 18.3. The lowest BCUT2D eigenvalue weighted by molar-refractivity contribution is -0.113. The largest absolute Gasteiger partial charge is 0.378 e. The first-order valence-electron chi connectivity index (χ1n) is 10.4. The number of nitrogens with zero attached hydrogens (tertiary/aromatic N) is 2. The van der Waals surface area contributed by atoms with Crippen molar-refractivity contribution in [1.82, 2.24) is 0 Å². The summed E-state index contributed by atoms with van der Waals surface area (Å²) in [7, 11) is 8.14. The van der Waals surface area contributed by atoms with Gasteiger partial charge in [-0.2, -0.15) is 0 Å². The molecule has 0 atom stereocenters. The molecule has 0 saturated heterocycles. The molecule has 0 radical (unpaired) electrons. The van der Waals surface area contributed by atoms with E-state index in [0.29, 0.717) is 5.92 Å². The van der Waals surface area contributed by atoms with Crippen LogP contribution in [-0.4, -0.2) is 34.0 Å². The van der Waals surface area contributed by atoms with Crippen LogP contribution in [0.1, 0.15) is 37.3 Å². The summed E-state index contributed by atoms with van der Waals surface area (Å²) in [4.78, 5) is 17.4. The van der Waals surface area contributed by atoms with Gasteiger partial charge in [0.2, 0.25) is 0 Å². The van der Waals surface area contributed by atoms with Crippen LogP contribution in [0, 0.1) is 5.92 Å². The molecule has 1 saturated carbocycles. The summed E-state index contributed by atoms with van der Waals surface area (Å²) in [6.07, 6.45) is 6.96. The fourth-order valence-corrected chi connectivity index (χ4v) is 3.76. The first kappa shape index (κ1) is 20.9. The molecule has 3 nitrogen and oxygen atoms in total. The van der Waals surface area contributed by atoms with Gasteiger partial charge in [-0.3, -0.25) is 4.79 Å². The molecule has 0 unspecified atom stereocenters. The quantitative estimate of drug-likeness (QED) is 0.616. The summed E-state index contributed by atoms with van der Waals surface area (Å²) in [6, 6.07) is 16.8. The molecule has 0 heterocycles. The highest BCUT2D eigenvalue weighted by atomic mass is 16.1. The first-order valence-corrected chi connectivity index (χ1v) is 10.4. The topological polar surface area (TPSA) is 23.6 Å². The van der Waals surface area contributed by atoms with Crippen LogP contribution in [0.3, 0.4) is 0 Å². The number of carbonyl (C=O) groups excluding carboxylic acids is 1. The van der Waals surface area contributed by atoms with Gasteiger partial charge in [0.25, 0.3) is 0 Å². The molecule has 1 aliphatic rings. The van der Waals surface area contributed by atoms with Crippen LogP contribution in [0.2, 0.25) is 0 Å². The minimum Gasteiger partial charge on any atom is -0.378 e. The average molecular weight is 389 g/mol. The van der Waals surface area contributed by atoms with Crippen molar-refractivity contribution < 1.29 is 4.79 Å². The Morgan fingerprint density at radius 3 is 1.45 bits per heavy atom. The van der Waals surface area contributed by atoms with E-state index in [4.69, 9.17) is 0 Å². The summed E-state index contributed by atoms with van der Waals surface area (Å²) < 4.78 is 0. The van der Waals surface area contributed by atoms with Gasteiger partial charge < -0.3 is 9.80 Å². The maximum atomic E-state index is 13.2. The molecule has 3 rings (SSSR count). The van der Waals surface area contributed by atoms with E-state index >= 15 is 0 Å². The van der Waals surface area contributed by atoms with Gasteiger partial charge in [0.15, 0.2) is 5.78 Å². The molecule has 0 amide bonds. The van der Waals surface area contributed by atoms with Crippen LogP contribution in [-0.2, 0) is 4.79 Å². The number of allylic oxidation sites excluding steroid dienone is 2. The van der Waals surface area contributed by atoms with Gasteiger partial charge in [0.05, 0.1) is 0 Å². The van der Waals surface area contributed by atoms with Gasteiger partial charge >= 0.3 is 0 Å². The van der Waals surface area contributed by atoms with E-state index in [9.17, 15) is 4.79 Å². The maximum absolute atomic E-state index is 13.2. The fourth-order valence-electron chi connectivity index (χ4n) is 3.76. The third-order valence-electron chi connectivity index (χ3n) is 5.68. The lowest BCUT2D eigenvalue weighted by Crippen LogP contribution is -2.19. The third kappa shape index (κ3) is 5.17. The zero-order valence-electron chi connectivity index (χ0n) is 18.3. The number of hydrogen-bond acceptors (Lipinski definition) is 3. The molecule has 1 fully saturated rings. The van der Waals surface area contributed by atoms with Crippen LogP contribution in [0.5, 0.6) is 0 Å². The van der Waals surface area contributed by atoms with Crippen LogP contribution in [0.15, 0.2) is 59.7 Å². The Kier molecular flexibility index (Phi) is 6.58. The van der Waals surface area contributed by atoms with Crippen molar-refractivity contribution in [1.29, 1.82) is 0 Å². The van der Waals surface area contributed by atoms with Gasteiger partial charge in [-0.05, 0) is 66.3 Å². The maximum Gasteiger partial charge on any atom is 0.185 e. The Bertz CT molecular complexity index is 829. The van der Waals surface area contributed by atoms with E-state index in [1.807, 2.05) is 28.2 Å². The first-order chi connectivity index (χ1) is 13.9. The summed E-state index contributed by atoms with van der Waals surface area (Å²) in [5.74, 6) is 0.718. The number of anilines is 2. The Labute approximate surface area is 175 Å². The molecule has 152 valence electrons. The average Bonchev–Trinajstić information content (AvgIpc) is 2.71. The monoisotopic (exact) mass is 388 g/mol. The SMILES string of the molecule is CCC1CC(=Cc2ccc(N(C)C)cc2)C(=O)C(=Cc2ccc(N(C)C)cc2)C1. The van der Waals surface area contributed by atoms with Crippen molar-refractivity contribution in [2.45, 2.75) is 26.2 Å². The predicted molar refractivity (Wildman–Crippen MR) is 126 cm³/mol. The van der Waals surface area contributed by atoms with Gasteiger partial charge in [-0.1, -0.05) is 37.6 Å². The van der Waals surface area contributed by atoms with E-state index in [-0.39, 0.29) is 5.78 Å². The van der Waals surface area contributed by atoms with Crippen LogP contribution < -0.4 is 9.80 Å². The number of benzene rings is 2. The minimum atomic E-state index is 0.197. The molecule has 3 heteroatoms. The van der Waals surface area contributed by atoms with Crippen molar-refractivity contribution in [2.24, 2.45) is 5.92 Å². The van der Waals surface area contributed by atoms with Gasteiger partial charge in [-0.25, -0.2) is 0 Å². The van der Waals surface area contributed by atoms with Crippen LogP contribution in [0.4, 0.5) is 11.4 Å². The molecule has 0 spiro atoms. The summed E-state index contributed by atoms with van der Waals surface area (Å²) in [6.45, 7) is 2.22. The molecule has 0 aliphatic heterocycles. The summed E-state index contributed by atoms with van der Waals surface area (Å²) >= 11 is 0. The minimum absolute atomic E-state index is 0.197. The Balaban J connectivity index is 1.88. The number of ketones is 1. The Hall–Kier alpha value is -2.81. The zero-order chi connectivity index (χ0) is 21.0. The molecule has 0 bridgehead atoms. The standard InChI is InChI=1S/C26H32N2O/c1-6-19-15-22(17-20-7-11-24(12-8-20)27(2)3)26(29)23(16-19)18-21-9-13-25(14-10-21)28(4)5/h7-14,17-19H,6,15-16H2,1-5H3. The number of rotatable bonds is 5. The summed E-state index contributed by atoms with van der Waals surface area (Å²) in [5.41, 5.74) is 6.36. The van der Waals surface area contributed by atoms with E-state index in [0.717, 1.165) is 52.9 Å².